The summed E-state index contributed by atoms with van der Waals surface area (Å²) < 4.78 is 10.5. The summed E-state index contributed by atoms with van der Waals surface area (Å²) in [6, 6.07) is 23.1. The lowest BCUT2D eigenvalue weighted by Gasteiger charge is -2.09. The van der Waals surface area contributed by atoms with Crippen molar-refractivity contribution >= 4 is 11.5 Å². The molecular weight excluding hydrogens is 338 g/mol. The number of carbonyl (C=O) groups excluding carboxylic acids is 1. The topological polar surface area (TPSA) is 47.6 Å². The molecular formula is C23H21NO3. The van der Waals surface area contributed by atoms with Gasteiger partial charge in [-0.2, -0.15) is 0 Å². The largest absolute Gasteiger partial charge is 0.497 e. The molecule has 0 heterocycles. The standard InChI is InChI=1S/C23H21NO3/c1-26-20-12-13-21(23(16-20)27-2)24-15-14-22(25)19-10-8-18(9-11-19)17-6-4-3-5-7-17/h3-16,24H,1-2H3. The highest BCUT2D eigenvalue weighted by atomic mass is 16.5. The maximum atomic E-state index is 12.4. The average Bonchev–Trinajstić information content (AvgIpc) is 2.74. The molecule has 0 fully saturated rings. The van der Waals surface area contributed by atoms with E-state index in [1.165, 1.54) is 6.08 Å². The molecule has 0 radical (unpaired) electrons. The van der Waals surface area contributed by atoms with E-state index in [1.54, 1.807) is 26.5 Å². The molecule has 0 saturated heterocycles. The normalized spacial score (nSPS) is 10.6. The van der Waals surface area contributed by atoms with Crippen molar-refractivity contribution in [1.29, 1.82) is 0 Å². The van der Waals surface area contributed by atoms with Gasteiger partial charge in [0.25, 0.3) is 0 Å². The van der Waals surface area contributed by atoms with Gasteiger partial charge >= 0.3 is 0 Å². The van der Waals surface area contributed by atoms with Crippen molar-refractivity contribution < 1.29 is 14.3 Å². The van der Waals surface area contributed by atoms with E-state index in [1.807, 2.05) is 66.7 Å². The zero-order valence-corrected chi connectivity index (χ0v) is 15.3. The summed E-state index contributed by atoms with van der Waals surface area (Å²) in [6.45, 7) is 0. The smallest absolute Gasteiger partial charge is 0.187 e. The molecule has 27 heavy (non-hydrogen) atoms. The van der Waals surface area contributed by atoms with Gasteiger partial charge in [0.2, 0.25) is 0 Å². The van der Waals surface area contributed by atoms with Crippen molar-refractivity contribution in [2.45, 2.75) is 0 Å². The van der Waals surface area contributed by atoms with Crippen LogP contribution in [0.5, 0.6) is 11.5 Å². The van der Waals surface area contributed by atoms with Crippen LogP contribution in [0.4, 0.5) is 5.69 Å². The molecule has 0 bridgehead atoms. The Morgan fingerprint density at radius 2 is 1.56 bits per heavy atom. The lowest BCUT2D eigenvalue weighted by Crippen LogP contribution is -1.98. The van der Waals surface area contributed by atoms with Crippen LogP contribution in [-0.2, 0) is 0 Å². The highest BCUT2D eigenvalue weighted by molar-refractivity contribution is 6.04. The second-order valence-corrected chi connectivity index (χ2v) is 5.85. The molecule has 0 aliphatic heterocycles. The molecule has 0 amide bonds. The van der Waals surface area contributed by atoms with Gasteiger partial charge in [0.1, 0.15) is 11.5 Å². The first-order chi connectivity index (χ1) is 13.2. The van der Waals surface area contributed by atoms with Gasteiger partial charge in [-0.3, -0.25) is 4.79 Å². The van der Waals surface area contributed by atoms with Crippen molar-refractivity contribution in [2.75, 3.05) is 19.5 Å². The SMILES string of the molecule is COc1ccc(NC=CC(=O)c2ccc(-c3ccccc3)cc2)c(OC)c1. The number of rotatable bonds is 7. The first-order valence-corrected chi connectivity index (χ1v) is 8.56. The van der Waals surface area contributed by atoms with E-state index in [0.29, 0.717) is 17.1 Å². The van der Waals surface area contributed by atoms with Crippen molar-refractivity contribution in [3.8, 4) is 22.6 Å². The Morgan fingerprint density at radius 3 is 2.22 bits per heavy atom. The summed E-state index contributed by atoms with van der Waals surface area (Å²) in [4.78, 5) is 12.4. The van der Waals surface area contributed by atoms with Gasteiger partial charge < -0.3 is 14.8 Å². The van der Waals surface area contributed by atoms with Gasteiger partial charge in [0.05, 0.1) is 19.9 Å². The van der Waals surface area contributed by atoms with Crippen LogP contribution in [0, 0.1) is 0 Å². The Morgan fingerprint density at radius 1 is 0.852 bits per heavy atom. The van der Waals surface area contributed by atoms with Crippen LogP contribution in [-0.4, -0.2) is 20.0 Å². The number of carbonyl (C=O) groups is 1. The lowest BCUT2D eigenvalue weighted by molar-refractivity contribution is 0.104. The molecule has 0 unspecified atom stereocenters. The van der Waals surface area contributed by atoms with Crippen LogP contribution in [0.2, 0.25) is 0 Å². The number of ether oxygens (including phenoxy) is 2. The van der Waals surface area contributed by atoms with E-state index >= 15 is 0 Å². The second-order valence-electron chi connectivity index (χ2n) is 5.85. The van der Waals surface area contributed by atoms with E-state index in [9.17, 15) is 4.79 Å². The Balaban J connectivity index is 1.67. The Kier molecular flexibility index (Phi) is 5.90. The number of benzene rings is 3. The molecule has 0 spiro atoms. The third-order valence-electron chi connectivity index (χ3n) is 4.16. The Labute approximate surface area is 159 Å². The summed E-state index contributed by atoms with van der Waals surface area (Å²) in [5, 5.41) is 3.07. The summed E-state index contributed by atoms with van der Waals surface area (Å²) in [6.07, 6.45) is 3.11. The number of allylic oxidation sites excluding steroid dienone is 1. The molecule has 0 atom stereocenters. The molecule has 4 heteroatoms. The Hall–Kier alpha value is -3.53. The number of hydrogen-bond acceptors (Lipinski definition) is 4. The third-order valence-corrected chi connectivity index (χ3v) is 4.16. The van der Waals surface area contributed by atoms with Gasteiger partial charge in [-0.15, -0.1) is 0 Å². The maximum Gasteiger partial charge on any atom is 0.187 e. The summed E-state index contributed by atoms with van der Waals surface area (Å²) in [7, 11) is 3.19. The molecule has 0 aliphatic carbocycles. The molecule has 3 aromatic carbocycles. The fourth-order valence-corrected chi connectivity index (χ4v) is 2.68. The van der Waals surface area contributed by atoms with Crippen LogP contribution in [0.1, 0.15) is 10.4 Å². The van der Waals surface area contributed by atoms with Gasteiger partial charge in [0, 0.05) is 23.9 Å². The number of nitrogens with one attached hydrogen (secondary N) is 1. The van der Waals surface area contributed by atoms with E-state index in [-0.39, 0.29) is 5.78 Å². The molecule has 0 aliphatic rings. The van der Waals surface area contributed by atoms with E-state index in [0.717, 1.165) is 16.8 Å². The van der Waals surface area contributed by atoms with Crippen LogP contribution < -0.4 is 14.8 Å². The second kappa shape index (κ2) is 8.72. The predicted molar refractivity (Wildman–Crippen MR) is 109 cm³/mol. The van der Waals surface area contributed by atoms with Crippen molar-refractivity contribution in [3.63, 3.8) is 0 Å². The third kappa shape index (κ3) is 4.55. The molecule has 4 nitrogen and oxygen atoms in total. The zero-order valence-electron chi connectivity index (χ0n) is 15.3. The first kappa shape index (κ1) is 18.3. The number of methoxy groups -OCH3 is 2. The van der Waals surface area contributed by atoms with Gasteiger partial charge in [-0.25, -0.2) is 0 Å². The van der Waals surface area contributed by atoms with E-state index in [2.05, 4.69) is 5.32 Å². The van der Waals surface area contributed by atoms with Crippen LogP contribution in [0.15, 0.2) is 85.1 Å². The lowest BCUT2D eigenvalue weighted by atomic mass is 10.0. The fourth-order valence-electron chi connectivity index (χ4n) is 2.68. The summed E-state index contributed by atoms with van der Waals surface area (Å²) >= 11 is 0. The highest BCUT2D eigenvalue weighted by Gasteiger charge is 2.05. The van der Waals surface area contributed by atoms with E-state index in [4.69, 9.17) is 9.47 Å². The first-order valence-electron chi connectivity index (χ1n) is 8.56. The van der Waals surface area contributed by atoms with Gasteiger partial charge in [0.15, 0.2) is 5.78 Å². The Bertz CT molecular complexity index is 932. The van der Waals surface area contributed by atoms with Crippen LogP contribution >= 0.6 is 0 Å². The predicted octanol–water partition coefficient (Wildman–Crippen LogP) is 5.18. The highest BCUT2D eigenvalue weighted by Crippen LogP contribution is 2.29. The maximum absolute atomic E-state index is 12.4. The minimum absolute atomic E-state index is 0.0745. The molecule has 3 rings (SSSR count). The number of hydrogen-bond donors (Lipinski definition) is 1. The minimum Gasteiger partial charge on any atom is -0.497 e. The number of ketones is 1. The summed E-state index contributed by atoms with van der Waals surface area (Å²) in [5.41, 5.74) is 3.59. The molecule has 1 N–H and O–H groups in total. The van der Waals surface area contributed by atoms with Crippen molar-refractivity contribution in [3.05, 3.63) is 90.6 Å². The molecule has 3 aromatic rings. The van der Waals surface area contributed by atoms with E-state index < -0.39 is 0 Å². The zero-order chi connectivity index (χ0) is 19.1. The van der Waals surface area contributed by atoms with Crippen LogP contribution in [0.3, 0.4) is 0 Å². The quantitative estimate of drug-likeness (QED) is 0.466. The fraction of sp³-hybridized carbons (Fsp3) is 0.0870. The number of anilines is 1. The molecule has 136 valence electrons. The molecule has 0 saturated carbocycles. The minimum atomic E-state index is -0.0745. The van der Waals surface area contributed by atoms with Crippen molar-refractivity contribution in [1.82, 2.24) is 0 Å². The summed E-state index contributed by atoms with van der Waals surface area (Å²) in [5.74, 6) is 1.27. The van der Waals surface area contributed by atoms with Crippen LogP contribution in [0.25, 0.3) is 11.1 Å². The molecule has 0 aromatic heterocycles. The average molecular weight is 359 g/mol. The van der Waals surface area contributed by atoms with Crippen molar-refractivity contribution in [2.24, 2.45) is 0 Å². The van der Waals surface area contributed by atoms with Gasteiger partial charge in [-0.1, -0.05) is 54.6 Å². The monoisotopic (exact) mass is 359 g/mol. The van der Waals surface area contributed by atoms with Gasteiger partial charge in [-0.05, 0) is 23.3 Å².